The van der Waals surface area contributed by atoms with Crippen LogP contribution in [-0.4, -0.2) is 28.7 Å². The van der Waals surface area contributed by atoms with Crippen molar-refractivity contribution in [2.75, 3.05) is 13.2 Å². The summed E-state index contributed by atoms with van der Waals surface area (Å²) >= 11 is 3.23. The van der Waals surface area contributed by atoms with E-state index >= 15 is 0 Å². The minimum Gasteiger partial charge on any atom is -0.487 e. The molecule has 1 amide bonds. The molecule has 0 fully saturated rings. The Labute approximate surface area is 185 Å². The Hall–Kier alpha value is -3.04. The number of pyridine rings is 1. The number of aliphatic hydroxyl groups excluding tert-OH is 1. The molecule has 0 aliphatic rings. The van der Waals surface area contributed by atoms with Crippen molar-refractivity contribution in [2.45, 2.75) is 13.5 Å². The summed E-state index contributed by atoms with van der Waals surface area (Å²) < 4.78 is 34.0. The van der Waals surface area contributed by atoms with E-state index in [0.717, 1.165) is 12.1 Å². The lowest BCUT2D eigenvalue weighted by atomic mass is 10.2. The second kappa shape index (κ2) is 9.84. The lowest BCUT2D eigenvalue weighted by molar-refractivity contribution is 0.0945. The van der Waals surface area contributed by atoms with Crippen molar-refractivity contribution in [3.05, 3.63) is 91.8 Å². The van der Waals surface area contributed by atoms with Gasteiger partial charge in [-0.05, 0) is 59.3 Å². The van der Waals surface area contributed by atoms with Crippen LogP contribution in [-0.2, 0) is 6.61 Å². The van der Waals surface area contributed by atoms with Gasteiger partial charge >= 0.3 is 0 Å². The molecule has 9 heteroatoms. The van der Waals surface area contributed by atoms with Crippen LogP contribution in [0.2, 0.25) is 0 Å². The minimum atomic E-state index is -0.732. The molecule has 6 nitrogen and oxygen atoms in total. The molecule has 3 aromatic rings. The Bertz CT molecular complexity index is 1160. The lowest BCUT2D eigenvalue weighted by Crippen LogP contribution is -2.26. The fourth-order valence-electron chi connectivity index (χ4n) is 2.93. The fraction of sp³-hybridized carbons (Fsp3) is 0.182. The highest BCUT2D eigenvalue weighted by Gasteiger charge is 2.15. The zero-order chi connectivity index (χ0) is 22.5. The molecule has 2 aromatic carbocycles. The molecule has 0 saturated heterocycles. The van der Waals surface area contributed by atoms with Crippen LogP contribution in [0, 0.1) is 18.6 Å². The van der Waals surface area contributed by atoms with Gasteiger partial charge in [-0.2, -0.15) is 0 Å². The number of hydrogen-bond donors (Lipinski definition) is 2. The van der Waals surface area contributed by atoms with Crippen molar-refractivity contribution in [2.24, 2.45) is 0 Å². The van der Waals surface area contributed by atoms with Crippen molar-refractivity contribution >= 4 is 21.8 Å². The van der Waals surface area contributed by atoms with Gasteiger partial charge in [-0.15, -0.1) is 0 Å². The van der Waals surface area contributed by atoms with E-state index < -0.39 is 17.2 Å². The molecule has 0 bridgehead atoms. The standard InChI is InChI=1S/C22H19BrF2N2O4/c1-13-10-19(31-12-15-2-5-16(24)11-18(15)25)20(23)22(30)27(13)17-6-3-14(4-7-17)21(29)26-8-9-28/h2-7,10-11,28H,8-9,12H2,1H3,(H,26,29). The first kappa shape index (κ1) is 22.6. The predicted molar refractivity (Wildman–Crippen MR) is 115 cm³/mol. The molecule has 2 N–H and O–H groups in total. The number of aliphatic hydroxyl groups is 1. The van der Waals surface area contributed by atoms with Gasteiger partial charge in [0, 0.05) is 41.2 Å². The molecule has 0 atom stereocenters. The first-order valence-corrected chi connectivity index (χ1v) is 10.1. The molecule has 0 aliphatic heterocycles. The highest BCUT2D eigenvalue weighted by Crippen LogP contribution is 2.25. The van der Waals surface area contributed by atoms with E-state index in [1.165, 1.54) is 10.6 Å². The monoisotopic (exact) mass is 492 g/mol. The number of carbonyl (C=O) groups excluding carboxylic acids is 1. The van der Waals surface area contributed by atoms with Crippen LogP contribution in [0.15, 0.2) is 57.8 Å². The molecule has 0 spiro atoms. The van der Waals surface area contributed by atoms with Gasteiger partial charge in [-0.3, -0.25) is 14.2 Å². The summed E-state index contributed by atoms with van der Waals surface area (Å²) in [6, 6.07) is 11.2. The van der Waals surface area contributed by atoms with Crippen molar-refractivity contribution in [3.8, 4) is 11.4 Å². The number of aryl methyl sites for hydroxylation is 1. The van der Waals surface area contributed by atoms with E-state index in [1.54, 1.807) is 37.3 Å². The number of nitrogens with one attached hydrogen (secondary N) is 1. The number of halogens is 3. The summed E-state index contributed by atoms with van der Waals surface area (Å²) in [5, 5.41) is 11.3. The summed E-state index contributed by atoms with van der Waals surface area (Å²) in [5.74, 6) is -1.52. The average molecular weight is 493 g/mol. The van der Waals surface area contributed by atoms with Crippen LogP contribution < -0.4 is 15.6 Å². The summed E-state index contributed by atoms with van der Waals surface area (Å²) in [6.07, 6.45) is 0. The molecule has 0 unspecified atom stereocenters. The van der Waals surface area contributed by atoms with Gasteiger partial charge in [0.25, 0.3) is 11.5 Å². The molecule has 0 radical (unpaired) electrons. The Morgan fingerprint density at radius 2 is 1.87 bits per heavy atom. The fourth-order valence-corrected chi connectivity index (χ4v) is 3.34. The Kier molecular flexibility index (Phi) is 7.19. The van der Waals surface area contributed by atoms with Crippen molar-refractivity contribution in [3.63, 3.8) is 0 Å². The molecule has 162 valence electrons. The number of nitrogens with zero attached hydrogens (tertiary/aromatic N) is 1. The van der Waals surface area contributed by atoms with Crippen LogP contribution in [0.3, 0.4) is 0 Å². The van der Waals surface area contributed by atoms with Crippen LogP contribution >= 0.6 is 15.9 Å². The van der Waals surface area contributed by atoms with Gasteiger partial charge in [-0.1, -0.05) is 0 Å². The Morgan fingerprint density at radius 3 is 2.52 bits per heavy atom. The SMILES string of the molecule is Cc1cc(OCc2ccc(F)cc2F)c(Br)c(=O)n1-c1ccc(C(=O)NCCO)cc1. The number of aromatic nitrogens is 1. The number of carbonyl (C=O) groups is 1. The average Bonchev–Trinajstić information content (AvgIpc) is 2.75. The van der Waals surface area contributed by atoms with Gasteiger partial charge in [0.2, 0.25) is 0 Å². The van der Waals surface area contributed by atoms with Crippen LogP contribution in [0.25, 0.3) is 5.69 Å². The molecule has 1 aromatic heterocycles. The highest BCUT2D eigenvalue weighted by atomic mass is 79.9. The first-order chi connectivity index (χ1) is 14.8. The molecular formula is C22H19BrF2N2O4. The van der Waals surface area contributed by atoms with Gasteiger partial charge in [0.05, 0.1) is 6.61 Å². The number of hydrogen-bond acceptors (Lipinski definition) is 4. The maximum atomic E-state index is 13.8. The third-order valence-corrected chi connectivity index (χ3v) is 5.21. The smallest absolute Gasteiger partial charge is 0.273 e. The minimum absolute atomic E-state index is 0.144. The molecule has 1 heterocycles. The van der Waals surface area contributed by atoms with Crippen LogP contribution in [0.1, 0.15) is 21.6 Å². The van der Waals surface area contributed by atoms with Crippen molar-refractivity contribution in [1.82, 2.24) is 9.88 Å². The number of rotatable bonds is 7. The van der Waals surface area contributed by atoms with Crippen LogP contribution in [0.4, 0.5) is 8.78 Å². The maximum absolute atomic E-state index is 13.8. The normalized spacial score (nSPS) is 10.7. The third-order valence-electron chi connectivity index (χ3n) is 4.48. The van der Waals surface area contributed by atoms with Crippen molar-refractivity contribution < 1.29 is 23.4 Å². The maximum Gasteiger partial charge on any atom is 0.273 e. The summed E-state index contributed by atoms with van der Waals surface area (Å²) in [4.78, 5) is 24.9. The van der Waals surface area contributed by atoms with Gasteiger partial charge in [0.15, 0.2) is 0 Å². The predicted octanol–water partition coefficient (Wildman–Crippen LogP) is 3.49. The second-order valence-electron chi connectivity index (χ2n) is 6.66. The Morgan fingerprint density at radius 1 is 1.16 bits per heavy atom. The summed E-state index contributed by atoms with van der Waals surface area (Å²) in [5.41, 5.74) is 1.25. The van der Waals surface area contributed by atoms with Gasteiger partial charge in [-0.25, -0.2) is 8.78 Å². The van der Waals surface area contributed by atoms with E-state index in [2.05, 4.69) is 21.2 Å². The summed E-state index contributed by atoms with van der Waals surface area (Å²) in [6.45, 7) is 1.52. The molecule has 0 saturated carbocycles. The molecule has 0 aliphatic carbocycles. The number of benzene rings is 2. The van der Waals surface area contributed by atoms with Gasteiger partial charge in [0.1, 0.15) is 28.5 Å². The van der Waals surface area contributed by atoms with E-state index in [4.69, 9.17) is 9.84 Å². The zero-order valence-electron chi connectivity index (χ0n) is 16.5. The first-order valence-electron chi connectivity index (χ1n) is 9.30. The highest BCUT2D eigenvalue weighted by molar-refractivity contribution is 9.10. The second-order valence-corrected chi connectivity index (χ2v) is 7.45. The third kappa shape index (κ3) is 5.18. The summed E-state index contributed by atoms with van der Waals surface area (Å²) in [7, 11) is 0. The topological polar surface area (TPSA) is 80.6 Å². The van der Waals surface area contributed by atoms with E-state index in [1.807, 2.05) is 0 Å². The van der Waals surface area contributed by atoms with Gasteiger partial charge < -0.3 is 15.2 Å². The van der Waals surface area contributed by atoms with E-state index in [-0.39, 0.29) is 41.5 Å². The Balaban J connectivity index is 1.84. The van der Waals surface area contributed by atoms with E-state index in [0.29, 0.717) is 16.9 Å². The van der Waals surface area contributed by atoms with E-state index in [9.17, 15) is 18.4 Å². The van der Waals surface area contributed by atoms with Crippen molar-refractivity contribution in [1.29, 1.82) is 0 Å². The molecule has 31 heavy (non-hydrogen) atoms. The van der Waals surface area contributed by atoms with Crippen LogP contribution in [0.5, 0.6) is 5.75 Å². The lowest BCUT2D eigenvalue weighted by Gasteiger charge is -2.15. The number of amides is 1. The zero-order valence-corrected chi connectivity index (χ0v) is 18.1. The quantitative estimate of drug-likeness (QED) is 0.529. The number of ether oxygens (including phenoxy) is 1. The molecule has 3 rings (SSSR count). The largest absolute Gasteiger partial charge is 0.487 e. The molecular weight excluding hydrogens is 474 g/mol.